The zero-order valence-corrected chi connectivity index (χ0v) is 15.7. The quantitative estimate of drug-likeness (QED) is 0.342. The predicted molar refractivity (Wildman–Crippen MR) is 95.6 cm³/mol. The molecule has 1 heterocycles. The summed E-state index contributed by atoms with van der Waals surface area (Å²) in [4.78, 5) is 29.6. The molecule has 1 rings (SSSR count). The lowest BCUT2D eigenvalue weighted by Gasteiger charge is -2.34. The number of hydrogen-bond donors (Lipinski definition) is 0. The second kappa shape index (κ2) is 10.1. The average Bonchev–Trinajstić information content (AvgIpc) is 3.01. The van der Waals surface area contributed by atoms with Crippen molar-refractivity contribution in [3.8, 4) is 11.8 Å². The Morgan fingerprint density at radius 3 is 2.62 bits per heavy atom. The molecule has 24 heavy (non-hydrogen) atoms. The van der Waals surface area contributed by atoms with Crippen LogP contribution in [0.15, 0.2) is 10.9 Å². The predicted octanol–water partition coefficient (Wildman–Crippen LogP) is 3.25. The van der Waals surface area contributed by atoms with E-state index >= 15 is 0 Å². The van der Waals surface area contributed by atoms with Crippen molar-refractivity contribution in [3.63, 3.8) is 0 Å². The van der Waals surface area contributed by atoms with Crippen LogP contribution in [0.25, 0.3) is 0 Å². The van der Waals surface area contributed by atoms with Crippen LogP contribution in [-0.2, 0) is 14.3 Å². The Hall–Kier alpha value is -1.87. The molecule has 1 aromatic heterocycles. The van der Waals surface area contributed by atoms with Gasteiger partial charge in [0.25, 0.3) is 0 Å². The van der Waals surface area contributed by atoms with Crippen molar-refractivity contribution in [3.05, 3.63) is 16.6 Å². The fraction of sp³-hybridized carbons (Fsp3) is 0.611. The zero-order valence-electron chi connectivity index (χ0n) is 14.9. The number of unbranched alkanes of at least 4 members (excludes halogenated alkanes) is 3. The van der Waals surface area contributed by atoms with Crippen LogP contribution in [0.1, 0.15) is 59.1 Å². The summed E-state index contributed by atoms with van der Waals surface area (Å²) in [5.74, 6) is 4.78. The first kappa shape index (κ1) is 20.2. The molecule has 0 radical (unpaired) electrons. The Morgan fingerprint density at radius 2 is 2.04 bits per heavy atom. The van der Waals surface area contributed by atoms with Gasteiger partial charge in [-0.2, -0.15) is 0 Å². The molecule has 0 spiro atoms. The molecule has 0 fully saturated rings. The van der Waals surface area contributed by atoms with Crippen LogP contribution in [-0.4, -0.2) is 40.5 Å². The number of carbonyl (C=O) groups excluding carboxylic acids is 2. The Morgan fingerprint density at radius 1 is 1.29 bits per heavy atom. The summed E-state index contributed by atoms with van der Waals surface area (Å²) in [5.41, 5.74) is 2.18. The van der Waals surface area contributed by atoms with Crippen LogP contribution in [0.2, 0.25) is 0 Å². The second-order valence-corrected chi connectivity index (χ2v) is 7.05. The molecule has 1 aromatic rings. The van der Waals surface area contributed by atoms with Crippen LogP contribution in [0.5, 0.6) is 0 Å². The fourth-order valence-corrected chi connectivity index (χ4v) is 2.62. The minimum Gasteiger partial charge on any atom is -0.459 e. The monoisotopic (exact) mass is 350 g/mol. The van der Waals surface area contributed by atoms with E-state index in [1.54, 1.807) is 17.3 Å². The molecule has 5 nitrogen and oxygen atoms in total. The van der Waals surface area contributed by atoms with Crippen LogP contribution < -0.4 is 0 Å². The number of carbonyl (C=O) groups is 2. The van der Waals surface area contributed by atoms with Gasteiger partial charge in [-0.05, 0) is 46.5 Å². The Labute approximate surface area is 148 Å². The van der Waals surface area contributed by atoms with E-state index < -0.39 is 17.4 Å². The fourth-order valence-electron chi connectivity index (χ4n) is 2.13. The SMILES string of the molecule is CCOC(=O)C(=O)N(CCCCCC#Cc1cscn1)C(C)(C)C. The molecule has 0 aromatic carbocycles. The lowest BCUT2D eigenvalue weighted by molar-refractivity contribution is -0.162. The molecule has 0 aliphatic rings. The maximum absolute atomic E-state index is 12.2. The van der Waals surface area contributed by atoms with Crippen molar-refractivity contribution in [2.75, 3.05) is 13.2 Å². The molecular weight excluding hydrogens is 324 g/mol. The average molecular weight is 350 g/mol. The third-order valence-electron chi connectivity index (χ3n) is 3.34. The zero-order chi connectivity index (χ0) is 18.0. The van der Waals surface area contributed by atoms with Gasteiger partial charge in [0, 0.05) is 23.9 Å². The normalized spacial score (nSPS) is 10.7. The summed E-state index contributed by atoms with van der Waals surface area (Å²) in [5, 5.41) is 1.93. The highest BCUT2D eigenvalue weighted by atomic mass is 32.1. The van der Waals surface area contributed by atoms with Crippen molar-refractivity contribution in [2.24, 2.45) is 0 Å². The first-order valence-corrected chi connectivity index (χ1v) is 9.16. The van der Waals surface area contributed by atoms with Gasteiger partial charge in [0.1, 0.15) is 5.69 Å². The van der Waals surface area contributed by atoms with E-state index in [9.17, 15) is 9.59 Å². The van der Waals surface area contributed by atoms with Gasteiger partial charge in [-0.1, -0.05) is 12.3 Å². The van der Waals surface area contributed by atoms with Crippen LogP contribution in [0, 0.1) is 11.8 Å². The summed E-state index contributed by atoms with van der Waals surface area (Å²) in [7, 11) is 0. The molecule has 132 valence electrons. The number of amides is 1. The topological polar surface area (TPSA) is 59.5 Å². The largest absolute Gasteiger partial charge is 0.459 e. The molecular formula is C18H26N2O3S. The summed E-state index contributed by atoms with van der Waals surface area (Å²) >= 11 is 1.54. The number of esters is 1. The number of nitrogens with zero attached hydrogens (tertiary/aromatic N) is 2. The van der Waals surface area contributed by atoms with Gasteiger partial charge >= 0.3 is 11.9 Å². The van der Waals surface area contributed by atoms with Crippen LogP contribution >= 0.6 is 11.3 Å². The highest BCUT2D eigenvalue weighted by molar-refractivity contribution is 7.07. The first-order valence-electron chi connectivity index (χ1n) is 8.22. The van der Waals surface area contributed by atoms with Crippen LogP contribution in [0.4, 0.5) is 0 Å². The summed E-state index contributed by atoms with van der Waals surface area (Å²) in [6.45, 7) is 8.20. The summed E-state index contributed by atoms with van der Waals surface area (Å²) in [6.07, 6.45) is 3.55. The molecule has 0 unspecified atom stereocenters. The van der Waals surface area contributed by atoms with Crippen molar-refractivity contribution in [2.45, 2.75) is 58.9 Å². The van der Waals surface area contributed by atoms with Crippen LogP contribution in [0.3, 0.4) is 0 Å². The second-order valence-electron chi connectivity index (χ2n) is 6.33. The van der Waals surface area contributed by atoms with Gasteiger partial charge in [-0.25, -0.2) is 9.78 Å². The number of ether oxygens (including phenoxy) is 1. The molecule has 0 saturated carbocycles. The Bertz CT molecular complexity index is 580. The Balaban J connectivity index is 2.37. The molecule has 0 atom stereocenters. The minimum absolute atomic E-state index is 0.209. The molecule has 1 amide bonds. The molecule has 0 aliphatic carbocycles. The van der Waals surface area contributed by atoms with Gasteiger partial charge in [0.05, 0.1) is 12.1 Å². The third kappa shape index (κ3) is 7.14. The van der Waals surface area contributed by atoms with E-state index in [0.29, 0.717) is 6.54 Å². The third-order valence-corrected chi connectivity index (χ3v) is 3.92. The lowest BCUT2D eigenvalue weighted by Crippen LogP contribution is -2.49. The molecule has 0 saturated heterocycles. The van der Waals surface area contributed by atoms with E-state index in [4.69, 9.17) is 4.74 Å². The van der Waals surface area contributed by atoms with Crippen molar-refractivity contribution in [1.29, 1.82) is 0 Å². The van der Waals surface area contributed by atoms with Gasteiger partial charge in [0.15, 0.2) is 0 Å². The summed E-state index contributed by atoms with van der Waals surface area (Å²) in [6, 6.07) is 0. The molecule has 0 aliphatic heterocycles. The van der Waals surface area contributed by atoms with E-state index in [2.05, 4.69) is 16.8 Å². The van der Waals surface area contributed by atoms with Gasteiger partial charge in [-0.3, -0.25) is 4.79 Å². The molecule has 0 bridgehead atoms. The van der Waals surface area contributed by atoms with Crippen molar-refractivity contribution in [1.82, 2.24) is 9.88 Å². The highest BCUT2D eigenvalue weighted by Crippen LogP contribution is 2.16. The number of aromatic nitrogens is 1. The first-order chi connectivity index (χ1) is 11.4. The van der Waals surface area contributed by atoms with E-state index in [1.807, 2.05) is 26.2 Å². The number of rotatable bonds is 6. The molecule has 6 heteroatoms. The van der Waals surface area contributed by atoms with E-state index in [1.165, 1.54) is 11.3 Å². The van der Waals surface area contributed by atoms with Crippen molar-refractivity contribution < 1.29 is 14.3 Å². The maximum atomic E-state index is 12.2. The van der Waals surface area contributed by atoms with Crippen molar-refractivity contribution >= 4 is 23.2 Å². The summed E-state index contributed by atoms with van der Waals surface area (Å²) < 4.78 is 4.82. The Kier molecular flexibility index (Phi) is 8.48. The number of hydrogen-bond acceptors (Lipinski definition) is 5. The van der Waals surface area contributed by atoms with Gasteiger partial charge in [0.2, 0.25) is 0 Å². The van der Waals surface area contributed by atoms with Gasteiger partial charge < -0.3 is 9.64 Å². The number of thiazole rings is 1. The highest BCUT2D eigenvalue weighted by Gasteiger charge is 2.31. The van der Waals surface area contributed by atoms with Gasteiger partial charge in [-0.15, -0.1) is 11.3 Å². The minimum atomic E-state index is -0.776. The van der Waals surface area contributed by atoms with E-state index in [-0.39, 0.29) is 6.61 Å². The maximum Gasteiger partial charge on any atom is 0.397 e. The lowest BCUT2D eigenvalue weighted by atomic mass is 10.0. The smallest absolute Gasteiger partial charge is 0.397 e. The standard InChI is InChI=1S/C18H26N2O3S/c1-5-23-17(22)16(21)20(18(2,3)4)12-10-8-6-7-9-11-15-13-24-14-19-15/h13-14H,5-8,10,12H2,1-4H3. The van der Waals surface area contributed by atoms with E-state index in [0.717, 1.165) is 31.4 Å². The molecule has 0 N–H and O–H groups in total.